The van der Waals surface area contributed by atoms with E-state index in [1.165, 1.54) is 6.92 Å². The second-order valence-corrected chi connectivity index (χ2v) is 6.49. The molecule has 0 amide bonds. The molecule has 1 N–H and O–H groups in total. The van der Waals surface area contributed by atoms with Gasteiger partial charge in [-0.15, -0.1) is 10.1 Å². The van der Waals surface area contributed by atoms with Crippen LogP contribution in [0, 0.1) is 10.1 Å². The van der Waals surface area contributed by atoms with E-state index in [4.69, 9.17) is 4.74 Å². The van der Waals surface area contributed by atoms with Gasteiger partial charge in [0, 0.05) is 12.8 Å². The Morgan fingerprint density at radius 1 is 1.43 bits per heavy atom. The molecule has 23 heavy (non-hydrogen) atoms. The lowest BCUT2D eigenvalue weighted by Gasteiger charge is -2.21. The van der Waals surface area contributed by atoms with Crippen LogP contribution in [0.4, 0.5) is 0 Å². The summed E-state index contributed by atoms with van der Waals surface area (Å²) >= 11 is 4.11. The maximum Gasteiger partial charge on any atom is 0.330 e. The zero-order valence-electron chi connectivity index (χ0n) is 12.8. The van der Waals surface area contributed by atoms with Crippen molar-refractivity contribution in [2.75, 3.05) is 13.2 Å². The highest BCUT2D eigenvalue weighted by atomic mass is 32.1. The fraction of sp³-hybridized carbons (Fsp3) is 0.769. The highest BCUT2D eigenvalue weighted by molar-refractivity contribution is 7.82. The molecule has 1 saturated heterocycles. The van der Waals surface area contributed by atoms with Gasteiger partial charge in [-0.1, -0.05) is 0 Å². The van der Waals surface area contributed by atoms with Crippen LogP contribution in [-0.4, -0.2) is 46.7 Å². The Morgan fingerprint density at radius 2 is 2.13 bits per heavy atom. The molecule has 0 unspecified atom stereocenters. The number of hydrogen-bond acceptors (Lipinski definition) is 9. The minimum Gasteiger partial charge on any atom is -0.391 e. The first kappa shape index (κ1) is 19.4. The smallest absolute Gasteiger partial charge is 0.330 e. The third-order valence-corrected chi connectivity index (χ3v) is 3.66. The van der Waals surface area contributed by atoms with Crippen molar-refractivity contribution in [3.63, 3.8) is 0 Å². The van der Waals surface area contributed by atoms with Crippen LogP contribution in [-0.2, 0) is 24.0 Å². The van der Waals surface area contributed by atoms with Crippen LogP contribution in [0.5, 0.6) is 0 Å². The molecule has 1 aliphatic heterocycles. The Balaban J connectivity index is 2.37. The van der Waals surface area contributed by atoms with Crippen LogP contribution in [0.3, 0.4) is 0 Å². The molecule has 0 spiro atoms. The number of ketones is 1. The lowest BCUT2D eigenvalue weighted by Crippen LogP contribution is -2.40. The molecule has 0 aliphatic carbocycles. The lowest BCUT2D eigenvalue weighted by atomic mass is 10.0. The van der Waals surface area contributed by atoms with Crippen LogP contribution in [0.15, 0.2) is 0 Å². The lowest BCUT2D eigenvalue weighted by molar-refractivity contribution is -0.757. The zero-order chi connectivity index (χ0) is 17.5. The number of nitrogens with zero attached hydrogens (tertiary/aromatic N) is 1. The normalized spacial score (nSPS) is 19.7. The first-order chi connectivity index (χ1) is 10.7. The Labute approximate surface area is 138 Å². The average molecular weight is 348 g/mol. The van der Waals surface area contributed by atoms with Gasteiger partial charge in [0.15, 0.2) is 0 Å². The summed E-state index contributed by atoms with van der Waals surface area (Å²) in [5.41, 5.74) is 0. The van der Waals surface area contributed by atoms with Gasteiger partial charge in [-0.25, -0.2) is 4.79 Å². The third-order valence-electron chi connectivity index (χ3n) is 3.32. The molecular formula is C13H20N2O7S. The van der Waals surface area contributed by atoms with E-state index < -0.39 is 27.8 Å². The summed E-state index contributed by atoms with van der Waals surface area (Å²) in [6, 6.07) is -0.502. The fourth-order valence-corrected chi connectivity index (χ4v) is 2.33. The second-order valence-electron chi connectivity index (χ2n) is 5.51. The number of Topliss-reactive ketones (excluding diaryl/α,β-unsaturated/α-hetero) is 1. The first-order valence-corrected chi connectivity index (χ1v) is 7.68. The van der Waals surface area contributed by atoms with Crippen molar-refractivity contribution in [2.24, 2.45) is 0 Å². The Bertz CT molecular complexity index is 475. The largest absolute Gasteiger partial charge is 0.391 e. The molecule has 1 heterocycles. The van der Waals surface area contributed by atoms with Crippen molar-refractivity contribution in [3.05, 3.63) is 10.1 Å². The molecule has 0 saturated carbocycles. The second kappa shape index (κ2) is 8.82. The Hall–Kier alpha value is -1.68. The topological polar surface area (TPSA) is 125 Å². The molecule has 0 aromatic carbocycles. The van der Waals surface area contributed by atoms with Gasteiger partial charge in [0.2, 0.25) is 0 Å². The summed E-state index contributed by atoms with van der Waals surface area (Å²) in [7, 11) is 0. The molecule has 0 radical (unpaired) electrons. The molecule has 0 bridgehead atoms. The zero-order valence-corrected chi connectivity index (χ0v) is 13.7. The van der Waals surface area contributed by atoms with Crippen LogP contribution in [0.2, 0.25) is 0 Å². The Morgan fingerprint density at radius 3 is 2.70 bits per heavy atom. The number of esters is 2. The van der Waals surface area contributed by atoms with Gasteiger partial charge in [0.05, 0.1) is 6.61 Å². The van der Waals surface area contributed by atoms with E-state index in [1.807, 2.05) is 0 Å². The maximum atomic E-state index is 12.0. The number of hydrogen-bond donors (Lipinski definition) is 2. The van der Waals surface area contributed by atoms with E-state index in [-0.39, 0.29) is 31.7 Å². The highest BCUT2D eigenvalue weighted by Crippen LogP contribution is 2.23. The summed E-state index contributed by atoms with van der Waals surface area (Å²) in [5.74, 6) is -1.87. The molecule has 0 aromatic rings. The summed E-state index contributed by atoms with van der Waals surface area (Å²) < 4.78 is 3.34. The summed E-state index contributed by atoms with van der Waals surface area (Å²) in [5, 5.41) is 11.9. The predicted molar refractivity (Wildman–Crippen MR) is 81.3 cm³/mol. The van der Waals surface area contributed by atoms with Crippen LogP contribution < -0.4 is 5.32 Å². The van der Waals surface area contributed by atoms with Gasteiger partial charge in [0.1, 0.15) is 16.6 Å². The minimum atomic E-state index is -1.44. The molecule has 1 rings (SSSR count). The number of carbonyl (C=O) groups is 3. The maximum absolute atomic E-state index is 12.0. The number of ether oxygens (including phenoxy) is 1. The van der Waals surface area contributed by atoms with Crippen LogP contribution in [0.25, 0.3) is 0 Å². The fourth-order valence-electron chi connectivity index (χ4n) is 2.11. The van der Waals surface area contributed by atoms with Gasteiger partial charge in [-0.3, -0.25) is 9.59 Å². The molecule has 2 atom stereocenters. The van der Waals surface area contributed by atoms with Gasteiger partial charge in [0.25, 0.3) is 5.09 Å². The number of rotatable bonds is 9. The number of carbonyl (C=O) groups excluding carboxylic acids is 3. The van der Waals surface area contributed by atoms with Crippen LogP contribution in [0.1, 0.15) is 39.0 Å². The van der Waals surface area contributed by atoms with E-state index in [9.17, 15) is 24.5 Å². The quantitative estimate of drug-likeness (QED) is 0.154. The first-order valence-electron chi connectivity index (χ1n) is 7.23. The highest BCUT2D eigenvalue weighted by Gasteiger charge is 2.36. The van der Waals surface area contributed by atoms with Crippen LogP contribution >= 0.6 is 12.6 Å². The van der Waals surface area contributed by atoms with E-state index >= 15 is 0 Å². The van der Waals surface area contributed by atoms with Crippen molar-refractivity contribution in [1.82, 2.24) is 5.32 Å². The summed E-state index contributed by atoms with van der Waals surface area (Å²) in [6.45, 7) is 1.88. The van der Waals surface area contributed by atoms with Gasteiger partial charge in [-0.2, -0.15) is 12.6 Å². The van der Waals surface area contributed by atoms with E-state index in [2.05, 4.69) is 22.8 Å². The van der Waals surface area contributed by atoms with Gasteiger partial charge >= 0.3 is 11.9 Å². The summed E-state index contributed by atoms with van der Waals surface area (Å²) in [4.78, 5) is 49.6. The molecule has 1 aliphatic rings. The Kier molecular flexibility index (Phi) is 7.43. The minimum absolute atomic E-state index is 0.00932. The number of nitrogens with one attached hydrogen (secondary N) is 1. The number of thiol groups is 1. The third kappa shape index (κ3) is 6.95. The molecule has 0 aromatic heterocycles. The van der Waals surface area contributed by atoms with Crippen molar-refractivity contribution >= 4 is 30.4 Å². The SMILES string of the molecule is C[C@](S)(CC(=O)CCCO[N+](=O)[O-])C(=O)OC(=O)[C@@H]1CCCN1. The molecule has 130 valence electrons. The van der Waals surface area contributed by atoms with E-state index in [0.29, 0.717) is 13.0 Å². The van der Waals surface area contributed by atoms with Crippen molar-refractivity contribution in [1.29, 1.82) is 0 Å². The molecule has 1 fully saturated rings. The van der Waals surface area contributed by atoms with Gasteiger partial charge < -0.3 is 14.9 Å². The van der Waals surface area contributed by atoms with E-state index in [1.54, 1.807) is 0 Å². The van der Waals surface area contributed by atoms with Gasteiger partial charge in [-0.05, 0) is 32.7 Å². The monoisotopic (exact) mass is 348 g/mol. The predicted octanol–water partition coefficient (Wildman–Crippen LogP) is 0.444. The molecule has 9 nitrogen and oxygen atoms in total. The molecule has 10 heteroatoms. The van der Waals surface area contributed by atoms with Crippen molar-refractivity contribution in [3.8, 4) is 0 Å². The van der Waals surface area contributed by atoms with E-state index in [0.717, 1.165) is 6.42 Å². The standard InChI is InChI=1S/C13H20N2O7S/c1-13(23,8-9(16)4-3-7-21-15(19)20)12(18)22-11(17)10-5-2-6-14-10/h10,14,23H,2-8H2,1H3/t10-,13-/m0/s1. The summed E-state index contributed by atoms with van der Waals surface area (Å²) in [6.07, 6.45) is 1.36. The average Bonchev–Trinajstić information content (AvgIpc) is 2.97. The molecular weight excluding hydrogens is 328 g/mol. The van der Waals surface area contributed by atoms with Crippen molar-refractivity contribution < 1.29 is 29.0 Å². The van der Waals surface area contributed by atoms with Crippen molar-refractivity contribution in [2.45, 2.75) is 49.8 Å².